The Labute approximate surface area is 144 Å². The third-order valence-electron chi connectivity index (χ3n) is 3.25. The second kappa shape index (κ2) is 7.73. The number of nitrogens with zero attached hydrogens (tertiary/aromatic N) is 1. The van der Waals surface area contributed by atoms with Crippen LogP contribution in [0, 0.1) is 0 Å². The lowest BCUT2D eigenvalue weighted by molar-refractivity contribution is 0.591. The van der Waals surface area contributed by atoms with Crippen LogP contribution in [0.3, 0.4) is 0 Å². The van der Waals surface area contributed by atoms with E-state index in [1.54, 1.807) is 11.3 Å². The standard InChI is InChI=1S/C16H20BrClN2S/c1-4-7-19-15(12-6-5-11(18)8-13(12)17)16-20-14(9-21-16)10(2)3/h5-6,8-10,15,19H,4,7H2,1-3H3. The molecule has 0 saturated heterocycles. The van der Waals surface area contributed by atoms with Gasteiger partial charge in [-0.25, -0.2) is 4.98 Å². The number of halogens is 2. The summed E-state index contributed by atoms with van der Waals surface area (Å²) in [6.45, 7) is 7.47. The van der Waals surface area contributed by atoms with Crippen LogP contribution in [0.2, 0.25) is 5.02 Å². The van der Waals surface area contributed by atoms with Crippen molar-refractivity contribution < 1.29 is 0 Å². The number of nitrogens with one attached hydrogen (secondary N) is 1. The lowest BCUT2D eigenvalue weighted by Crippen LogP contribution is -2.23. The monoisotopic (exact) mass is 386 g/mol. The number of hydrogen-bond acceptors (Lipinski definition) is 3. The molecule has 1 atom stereocenters. The molecule has 1 N–H and O–H groups in total. The Morgan fingerprint density at radius 1 is 1.38 bits per heavy atom. The second-order valence-electron chi connectivity index (χ2n) is 5.32. The maximum Gasteiger partial charge on any atom is 0.114 e. The Hall–Kier alpha value is -0.420. The highest BCUT2D eigenvalue weighted by atomic mass is 79.9. The molecule has 2 rings (SSSR count). The highest BCUT2D eigenvalue weighted by Gasteiger charge is 2.20. The van der Waals surface area contributed by atoms with Gasteiger partial charge in [-0.05, 0) is 36.6 Å². The highest BCUT2D eigenvalue weighted by molar-refractivity contribution is 9.10. The van der Waals surface area contributed by atoms with Crippen molar-refractivity contribution in [2.75, 3.05) is 6.54 Å². The fourth-order valence-electron chi connectivity index (χ4n) is 2.05. The average Bonchev–Trinajstić information content (AvgIpc) is 2.91. The van der Waals surface area contributed by atoms with Crippen molar-refractivity contribution >= 4 is 38.9 Å². The van der Waals surface area contributed by atoms with E-state index >= 15 is 0 Å². The Kier molecular flexibility index (Phi) is 6.23. The third-order valence-corrected chi connectivity index (χ3v) is 5.10. The molecule has 21 heavy (non-hydrogen) atoms. The lowest BCUT2D eigenvalue weighted by Gasteiger charge is -2.18. The predicted octanol–water partition coefficient (Wildman–Crippen LogP) is 5.77. The Morgan fingerprint density at radius 3 is 2.71 bits per heavy atom. The molecular weight excluding hydrogens is 368 g/mol. The van der Waals surface area contributed by atoms with E-state index in [-0.39, 0.29) is 6.04 Å². The molecule has 1 unspecified atom stereocenters. The molecule has 0 bridgehead atoms. The quantitative estimate of drug-likeness (QED) is 0.680. The third kappa shape index (κ3) is 4.28. The minimum absolute atomic E-state index is 0.106. The molecule has 114 valence electrons. The summed E-state index contributed by atoms with van der Waals surface area (Å²) in [7, 11) is 0. The summed E-state index contributed by atoms with van der Waals surface area (Å²) in [4.78, 5) is 4.81. The van der Waals surface area contributed by atoms with Gasteiger partial charge in [-0.3, -0.25) is 0 Å². The van der Waals surface area contributed by atoms with E-state index in [2.05, 4.69) is 53.5 Å². The molecule has 0 aliphatic rings. The van der Waals surface area contributed by atoms with Gasteiger partial charge in [0, 0.05) is 14.9 Å². The van der Waals surface area contributed by atoms with Gasteiger partial charge in [-0.1, -0.05) is 54.4 Å². The number of aromatic nitrogens is 1. The minimum Gasteiger partial charge on any atom is -0.304 e. The molecular formula is C16H20BrClN2S. The first-order valence-corrected chi connectivity index (χ1v) is 9.21. The Balaban J connectivity index is 2.36. The van der Waals surface area contributed by atoms with Crippen molar-refractivity contribution in [3.63, 3.8) is 0 Å². The maximum absolute atomic E-state index is 6.05. The SMILES string of the molecule is CCCNC(c1nc(C(C)C)cs1)c1ccc(Cl)cc1Br. The first-order chi connectivity index (χ1) is 10.0. The fraction of sp³-hybridized carbons (Fsp3) is 0.438. The normalized spacial score (nSPS) is 12.9. The van der Waals surface area contributed by atoms with Crippen LogP contribution < -0.4 is 5.32 Å². The fourth-order valence-corrected chi connectivity index (χ4v) is 4.04. The van der Waals surface area contributed by atoms with Crippen LogP contribution in [0.25, 0.3) is 0 Å². The summed E-state index contributed by atoms with van der Waals surface area (Å²) in [6.07, 6.45) is 1.09. The topological polar surface area (TPSA) is 24.9 Å². The van der Waals surface area contributed by atoms with E-state index in [0.29, 0.717) is 5.92 Å². The molecule has 0 saturated carbocycles. The first kappa shape index (κ1) is 16.9. The van der Waals surface area contributed by atoms with Gasteiger partial charge in [0.15, 0.2) is 0 Å². The summed E-state index contributed by atoms with van der Waals surface area (Å²) in [6, 6.07) is 6.04. The molecule has 1 aromatic carbocycles. The molecule has 0 spiro atoms. The van der Waals surface area contributed by atoms with E-state index in [0.717, 1.165) is 33.2 Å². The van der Waals surface area contributed by atoms with Crippen LogP contribution in [0.15, 0.2) is 28.1 Å². The molecule has 0 fully saturated rings. The van der Waals surface area contributed by atoms with Crippen molar-refractivity contribution in [3.05, 3.63) is 49.3 Å². The zero-order valence-corrected chi connectivity index (χ0v) is 15.6. The van der Waals surface area contributed by atoms with Crippen molar-refractivity contribution in [1.82, 2.24) is 10.3 Å². The van der Waals surface area contributed by atoms with E-state index in [9.17, 15) is 0 Å². The van der Waals surface area contributed by atoms with Crippen molar-refractivity contribution in [1.29, 1.82) is 0 Å². The van der Waals surface area contributed by atoms with Gasteiger partial charge in [0.2, 0.25) is 0 Å². The zero-order chi connectivity index (χ0) is 15.4. The van der Waals surface area contributed by atoms with Crippen molar-refractivity contribution in [2.45, 2.75) is 39.2 Å². The van der Waals surface area contributed by atoms with Gasteiger partial charge in [0.1, 0.15) is 5.01 Å². The minimum atomic E-state index is 0.106. The van der Waals surface area contributed by atoms with Gasteiger partial charge in [0.05, 0.1) is 11.7 Å². The molecule has 1 heterocycles. The molecule has 2 nitrogen and oxygen atoms in total. The van der Waals surface area contributed by atoms with Crippen LogP contribution in [-0.4, -0.2) is 11.5 Å². The van der Waals surface area contributed by atoms with Gasteiger partial charge >= 0.3 is 0 Å². The van der Waals surface area contributed by atoms with E-state index in [1.807, 2.05) is 12.1 Å². The zero-order valence-electron chi connectivity index (χ0n) is 12.5. The largest absolute Gasteiger partial charge is 0.304 e. The molecule has 0 amide bonds. The van der Waals surface area contributed by atoms with Crippen molar-refractivity contribution in [3.8, 4) is 0 Å². The van der Waals surface area contributed by atoms with Gasteiger partial charge in [-0.2, -0.15) is 0 Å². The number of hydrogen-bond donors (Lipinski definition) is 1. The van der Waals surface area contributed by atoms with Crippen LogP contribution in [-0.2, 0) is 0 Å². The van der Waals surface area contributed by atoms with E-state index in [4.69, 9.17) is 16.6 Å². The van der Waals surface area contributed by atoms with Crippen LogP contribution in [0.1, 0.15) is 55.4 Å². The molecule has 5 heteroatoms. The Morgan fingerprint density at radius 2 is 2.14 bits per heavy atom. The van der Waals surface area contributed by atoms with Crippen LogP contribution in [0.4, 0.5) is 0 Å². The summed E-state index contributed by atoms with van der Waals surface area (Å²) >= 11 is 11.4. The summed E-state index contributed by atoms with van der Waals surface area (Å²) in [5.41, 5.74) is 2.33. The molecule has 0 aliphatic heterocycles. The number of rotatable bonds is 6. The second-order valence-corrected chi connectivity index (χ2v) is 7.50. The summed E-state index contributed by atoms with van der Waals surface area (Å²) in [5, 5.41) is 7.59. The van der Waals surface area contributed by atoms with E-state index < -0.39 is 0 Å². The molecule has 0 aliphatic carbocycles. The molecule has 1 aromatic heterocycles. The average molecular weight is 388 g/mol. The number of thiazole rings is 1. The lowest BCUT2D eigenvalue weighted by atomic mass is 10.1. The predicted molar refractivity (Wildman–Crippen MR) is 95.5 cm³/mol. The van der Waals surface area contributed by atoms with Crippen LogP contribution >= 0.6 is 38.9 Å². The van der Waals surface area contributed by atoms with Crippen molar-refractivity contribution in [2.24, 2.45) is 0 Å². The van der Waals surface area contributed by atoms with Gasteiger partial charge in [0.25, 0.3) is 0 Å². The smallest absolute Gasteiger partial charge is 0.114 e. The highest BCUT2D eigenvalue weighted by Crippen LogP contribution is 2.33. The van der Waals surface area contributed by atoms with E-state index in [1.165, 1.54) is 5.56 Å². The Bertz CT molecular complexity index is 598. The van der Waals surface area contributed by atoms with Crippen LogP contribution in [0.5, 0.6) is 0 Å². The maximum atomic E-state index is 6.05. The summed E-state index contributed by atoms with van der Waals surface area (Å²) in [5.74, 6) is 0.454. The van der Waals surface area contributed by atoms with Gasteiger partial charge < -0.3 is 5.32 Å². The molecule has 0 radical (unpaired) electrons. The summed E-state index contributed by atoms with van der Waals surface area (Å²) < 4.78 is 1.02. The number of benzene rings is 1. The van der Waals surface area contributed by atoms with Gasteiger partial charge in [-0.15, -0.1) is 11.3 Å². The molecule has 2 aromatic rings. The first-order valence-electron chi connectivity index (χ1n) is 7.16.